The molecular formula is C25H17BrClNO5S. The van der Waals surface area contributed by atoms with Crippen molar-refractivity contribution >= 4 is 62.5 Å². The smallest absolute Gasteiger partial charge is 0.345 e. The standard InChI is InChI=1S/C25H17BrClNO5S/c1-32-20-11-8-16(12-21(20)33-24(30)18-4-2-3-5-19(18)27)13-22-23(29)28(25(31)34-22)14-15-6-9-17(26)10-7-15/h2-13H,14H2,1H3/b22-13-. The zero-order valence-corrected chi connectivity index (χ0v) is 20.9. The summed E-state index contributed by atoms with van der Waals surface area (Å²) in [6, 6.07) is 18.8. The lowest BCUT2D eigenvalue weighted by Gasteiger charge is -2.12. The minimum Gasteiger partial charge on any atom is -0.493 e. The summed E-state index contributed by atoms with van der Waals surface area (Å²) in [6.07, 6.45) is 1.58. The summed E-state index contributed by atoms with van der Waals surface area (Å²) in [5.41, 5.74) is 1.62. The van der Waals surface area contributed by atoms with E-state index in [9.17, 15) is 14.4 Å². The molecule has 9 heteroatoms. The molecular weight excluding hydrogens is 542 g/mol. The number of carbonyl (C=O) groups is 3. The first kappa shape index (κ1) is 24.1. The third-order valence-electron chi connectivity index (χ3n) is 4.91. The summed E-state index contributed by atoms with van der Waals surface area (Å²) in [5, 5.41) is -0.0832. The molecule has 172 valence electrons. The van der Waals surface area contributed by atoms with Crippen LogP contribution in [0.25, 0.3) is 6.08 Å². The van der Waals surface area contributed by atoms with Gasteiger partial charge in [0.15, 0.2) is 11.5 Å². The molecule has 34 heavy (non-hydrogen) atoms. The van der Waals surface area contributed by atoms with Gasteiger partial charge in [-0.1, -0.05) is 57.9 Å². The van der Waals surface area contributed by atoms with Crippen LogP contribution in [0.4, 0.5) is 4.79 Å². The molecule has 1 aliphatic rings. The van der Waals surface area contributed by atoms with Crippen molar-refractivity contribution in [3.8, 4) is 11.5 Å². The molecule has 1 fully saturated rings. The number of nitrogens with zero attached hydrogens (tertiary/aromatic N) is 1. The molecule has 0 aliphatic carbocycles. The Bertz CT molecular complexity index is 1310. The van der Waals surface area contributed by atoms with Crippen LogP contribution in [0.5, 0.6) is 11.5 Å². The SMILES string of the molecule is COc1ccc(/C=C2\SC(=O)N(Cc3ccc(Br)cc3)C2=O)cc1OC(=O)c1ccccc1Cl. The van der Waals surface area contributed by atoms with Crippen LogP contribution in [0, 0.1) is 0 Å². The largest absolute Gasteiger partial charge is 0.493 e. The number of rotatable bonds is 6. The molecule has 1 aliphatic heterocycles. The topological polar surface area (TPSA) is 72.9 Å². The summed E-state index contributed by atoms with van der Waals surface area (Å²) in [6.45, 7) is 0.179. The fraction of sp³-hybridized carbons (Fsp3) is 0.0800. The summed E-state index contributed by atoms with van der Waals surface area (Å²) in [7, 11) is 1.45. The van der Waals surface area contributed by atoms with Crippen LogP contribution in [0.3, 0.4) is 0 Å². The highest BCUT2D eigenvalue weighted by Crippen LogP contribution is 2.35. The summed E-state index contributed by atoms with van der Waals surface area (Å²) >= 11 is 10.3. The van der Waals surface area contributed by atoms with E-state index in [1.54, 1.807) is 48.5 Å². The van der Waals surface area contributed by atoms with E-state index in [1.165, 1.54) is 12.0 Å². The van der Waals surface area contributed by atoms with E-state index < -0.39 is 5.97 Å². The van der Waals surface area contributed by atoms with E-state index in [0.717, 1.165) is 21.8 Å². The van der Waals surface area contributed by atoms with Crippen LogP contribution in [0.1, 0.15) is 21.5 Å². The fourth-order valence-electron chi connectivity index (χ4n) is 3.20. The number of hydrogen-bond acceptors (Lipinski definition) is 6. The van der Waals surface area contributed by atoms with Gasteiger partial charge in [0.1, 0.15) is 0 Å². The van der Waals surface area contributed by atoms with Crippen molar-refractivity contribution in [3.63, 3.8) is 0 Å². The minimum atomic E-state index is -0.643. The Morgan fingerprint density at radius 3 is 2.50 bits per heavy atom. The number of imide groups is 1. The lowest BCUT2D eigenvalue weighted by molar-refractivity contribution is -0.123. The third kappa shape index (κ3) is 5.35. The van der Waals surface area contributed by atoms with E-state index in [0.29, 0.717) is 11.3 Å². The maximum atomic E-state index is 12.9. The average Bonchev–Trinajstić information content (AvgIpc) is 3.08. The van der Waals surface area contributed by atoms with Crippen LogP contribution >= 0.6 is 39.3 Å². The highest BCUT2D eigenvalue weighted by atomic mass is 79.9. The van der Waals surface area contributed by atoms with Gasteiger partial charge in [0.25, 0.3) is 11.1 Å². The summed E-state index contributed by atoms with van der Waals surface area (Å²) in [5.74, 6) is -0.532. The predicted octanol–water partition coefficient (Wildman–Crippen LogP) is 6.57. The van der Waals surface area contributed by atoms with Crippen LogP contribution in [-0.2, 0) is 11.3 Å². The van der Waals surface area contributed by atoms with Crippen LogP contribution in [0.2, 0.25) is 5.02 Å². The number of thioether (sulfide) groups is 1. The number of esters is 1. The van der Waals surface area contributed by atoms with E-state index in [1.807, 2.05) is 24.3 Å². The molecule has 0 N–H and O–H groups in total. The van der Waals surface area contributed by atoms with E-state index in [-0.39, 0.29) is 38.9 Å². The molecule has 2 amide bonds. The number of amides is 2. The second kappa shape index (κ2) is 10.5. The normalized spacial score (nSPS) is 14.6. The van der Waals surface area contributed by atoms with Gasteiger partial charge in [0.2, 0.25) is 0 Å². The van der Waals surface area contributed by atoms with Crippen molar-refractivity contribution in [1.29, 1.82) is 0 Å². The Balaban J connectivity index is 1.56. The van der Waals surface area contributed by atoms with Crippen molar-refractivity contribution in [1.82, 2.24) is 4.90 Å². The Hall–Kier alpha value is -3.07. The van der Waals surface area contributed by atoms with Gasteiger partial charge in [-0.3, -0.25) is 14.5 Å². The zero-order chi connectivity index (χ0) is 24.2. The van der Waals surface area contributed by atoms with Crippen LogP contribution in [-0.4, -0.2) is 29.1 Å². The molecule has 3 aromatic carbocycles. The highest BCUT2D eigenvalue weighted by Gasteiger charge is 2.35. The molecule has 6 nitrogen and oxygen atoms in total. The number of carbonyl (C=O) groups excluding carboxylic acids is 3. The molecule has 0 saturated carbocycles. The van der Waals surface area contributed by atoms with Gasteiger partial charge in [0, 0.05) is 4.47 Å². The quantitative estimate of drug-likeness (QED) is 0.194. The molecule has 0 radical (unpaired) electrons. The Morgan fingerprint density at radius 2 is 1.79 bits per heavy atom. The highest BCUT2D eigenvalue weighted by molar-refractivity contribution is 9.10. The minimum absolute atomic E-state index is 0.162. The number of hydrogen-bond donors (Lipinski definition) is 0. The lowest BCUT2D eigenvalue weighted by Crippen LogP contribution is -2.27. The Labute approximate surface area is 213 Å². The van der Waals surface area contributed by atoms with Gasteiger partial charge in [0.05, 0.1) is 29.1 Å². The maximum absolute atomic E-state index is 12.9. The molecule has 3 aromatic rings. The Kier molecular flexibility index (Phi) is 7.41. The second-order valence-electron chi connectivity index (χ2n) is 7.17. The fourth-order valence-corrected chi connectivity index (χ4v) is 4.52. The van der Waals surface area contributed by atoms with Gasteiger partial charge < -0.3 is 9.47 Å². The van der Waals surface area contributed by atoms with Crippen molar-refractivity contribution in [2.24, 2.45) is 0 Å². The first-order valence-corrected chi connectivity index (χ1v) is 12.0. The molecule has 0 bridgehead atoms. The van der Waals surface area contributed by atoms with Gasteiger partial charge in [-0.25, -0.2) is 4.79 Å². The van der Waals surface area contributed by atoms with Crippen molar-refractivity contribution in [3.05, 3.63) is 97.8 Å². The van der Waals surface area contributed by atoms with Crippen molar-refractivity contribution in [2.45, 2.75) is 6.54 Å². The molecule has 0 spiro atoms. The third-order valence-corrected chi connectivity index (χ3v) is 6.68. The number of methoxy groups -OCH3 is 1. The van der Waals surface area contributed by atoms with Crippen molar-refractivity contribution < 1.29 is 23.9 Å². The van der Waals surface area contributed by atoms with Gasteiger partial charge in [-0.2, -0.15) is 0 Å². The first-order chi connectivity index (χ1) is 16.4. The number of halogens is 2. The van der Waals surface area contributed by atoms with Crippen molar-refractivity contribution in [2.75, 3.05) is 7.11 Å². The summed E-state index contributed by atoms with van der Waals surface area (Å²) < 4.78 is 11.7. The number of benzene rings is 3. The predicted molar refractivity (Wildman–Crippen MR) is 135 cm³/mol. The van der Waals surface area contributed by atoms with E-state index in [2.05, 4.69) is 15.9 Å². The molecule has 1 saturated heterocycles. The van der Waals surface area contributed by atoms with Crippen LogP contribution < -0.4 is 9.47 Å². The van der Waals surface area contributed by atoms with Crippen LogP contribution in [0.15, 0.2) is 76.1 Å². The molecule has 4 rings (SSSR count). The molecule has 0 unspecified atom stereocenters. The zero-order valence-electron chi connectivity index (χ0n) is 17.8. The second-order valence-corrected chi connectivity index (χ2v) is 9.49. The van der Waals surface area contributed by atoms with E-state index >= 15 is 0 Å². The summed E-state index contributed by atoms with van der Waals surface area (Å²) in [4.78, 5) is 39.4. The first-order valence-electron chi connectivity index (χ1n) is 10.0. The van der Waals surface area contributed by atoms with Gasteiger partial charge >= 0.3 is 5.97 Å². The lowest BCUT2D eigenvalue weighted by atomic mass is 10.1. The molecule has 0 aromatic heterocycles. The monoisotopic (exact) mass is 557 g/mol. The number of ether oxygens (including phenoxy) is 2. The van der Waals surface area contributed by atoms with E-state index in [4.69, 9.17) is 21.1 Å². The molecule has 0 atom stereocenters. The molecule has 1 heterocycles. The van der Waals surface area contributed by atoms with Gasteiger partial charge in [-0.15, -0.1) is 0 Å². The average molecular weight is 559 g/mol. The maximum Gasteiger partial charge on any atom is 0.345 e. The Morgan fingerprint density at radius 1 is 1.06 bits per heavy atom. The van der Waals surface area contributed by atoms with Gasteiger partial charge in [-0.05, 0) is 65.4 Å².